The highest BCUT2D eigenvalue weighted by molar-refractivity contribution is 6.01. The first-order valence-electron chi connectivity index (χ1n) is 7.34. The Morgan fingerprint density at radius 3 is 2.46 bits per heavy atom. The molecule has 0 aliphatic rings. The summed E-state index contributed by atoms with van der Waals surface area (Å²) in [6, 6.07) is 9.06. The van der Waals surface area contributed by atoms with E-state index in [0.29, 0.717) is 28.6 Å². The maximum Gasteiger partial charge on any atom is 0.229 e. The SMILES string of the molecule is COc1ccc(N(C(C)=O)c2nc(C)cc(C)c2C#N)c(OC)c1. The second kappa shape index (κ2) is 7.01. The van der Waals surface area contributed by atoms with Crippen LogP contribution in [0.3, 0.4) is 0 Å². The van der Waals surface area contributed by atoms with Crippen LogP contribution in [0.4, 0.5) is 11.5 Å². The molecule has 1 aromatic heterocycles. The molecule has 0 atom stereocenters. The fourth-order valence-electron chi connectivity index (χ4n) is 2.52. The van der Waals surface area contributed by atoms with Crippen LogP contribution in [0.1, 0.15) is 23.7 Å². The number of hydrogen-bond acceptors (Lipinski definition) is 5. The molecule has 6 heteroatoms. The summed E-state index contributed by atoms with van der Waals surface area (Å²) in [7, 11) is 3.06. The maximum absolute atomic E-state index is 12.3. The number of carbonyl (C=O) groups is 1. The Balaban J connectivity index is 2.74. The van der Waals surface area contributed by atoms with Gasteiger partial charge in [-0.15, -0.1) is 0 Å². The summed E-state index contributed by atoms with van der Waals surface area (Å²) in [5, 5.41) is 9.50. The molecule has 24 heavy (non-hydrogen) atoms. The van der Waals surface area contributed by atoms with Gasteiger partial charge in [-0.2, -0.15) is 5.26 Å². The Morgan fingerprint density at radius 2 is 1.92 bits per heavy atom. The number of benzene rings is 1. The smallest absolute Gasteiger partial charge is 0.229 e. The van der Waals surface area contributed by atoms with Crippen LogP contribution < -0.4 is 14.4 Å². The van der Waals surface area contributed by atoms with E-state index < -0.39 is 0 Å². The predicted octanol–water partition coefficient (Wildman–Crippen LogP) is 3.27. The Morgan fingerprint density at radius 1 is 1.21 bits per heavy atom. The molecule has 1 amide bonds. The fourth-order valence-corrected chi connectivity index (χ4v) is 2.52. The third-order valence-corrected chi connectivity index (χ3v) is 3.59. The zero-order valence-corrected chi connectivity index (χ0v) is 14.4. The van der Waals surface area contributed by atoms with Crippen molar-refractivity contribution in [2.45, 2.75) is 20.8 Å². The molecular weight excluding hydrogens is 306 g/mol. The van der Waals surface area contributed by atoms with Crippen LogP contribution in [0.5, 0.6) is 11.5 Å². The molecule has 0 fully saturated rings. The van der Waals surface area contributed by atoms with Gasteiger partial charge in [-0.05, 0) is 37.6 Å². The van der Waals surface area contributed by atoms with Crippen molar-refractivity contribution in [3.8, 4) is 17.6 Å². The number of amides is 1. The quantitative estimate of drug-likeness (QED) is 0.862. The summed E-state index contributed by atoms with van der Waals surface area (Å²) in [5.41, 5.74) is 2.34. The number of anilines is 2. The Labute approximate surface area is 141 Å². The molecule has 0 bridgehead atoms. The van der Waals surface area contributed by atoms with Crippen molar-refractivity contribution in [3.63, 3.8) is 0 Å². The van der Waals surface area contributed by atoms with Gasteiger partial charge in [0.15, 0.2) is 5.82 Å². The molecule has 0 spiro atoms. The van der Waals surface area contributed by atoms with E-state index >= 15 is 0 Å². The summed E-state index contributed by atoms with van der Waals surface area (Å²) < 4.78 is 10.6. The number of hydrogen-bond donors (Lipinski definition) is 0. The van der Waals surface area contributed by atoms with E-state index in [0.717, 1.165) is 11.3 Å². The highest BCUT2D eigenvalue weighted by Gasteiger charge is 2.24. The van der Waals surface area contributed by atoms with Gasteiger partial charge in [0.05, 0.1) is 25.5 Å². The summed E-state index contributed by atoms with van der Waals surface area (Å²) >= 11 is 0. The molecule has 0 saturated carbocycles. The van der Waals surface area contributed by atoms with Gasteiger partial charge < -0.3 is 9.47 Å². The minimum Gasteiger partial charge on any atom is -0.497 e. The number of carbonyl (C=O) groups excluding carboxylic acids is 1. The van der Waals surface area contributed by atoms with Crippen molar-refractivity contribution in [1.29, 1.82) is 5.26 Å². The van der Waals surface area contributed by atoms with Crippen LogP contribution in [0.15, 0.2) is 24.3 Å². The third-order valence-electron chi connectivity index (χ3n) is 3.59. The largest absolute Gasteiger partial charge is 0.497 e. The normalized spacial score (nSPS) is 10.0. The molecule has 0 radical (unpaired) electrons. The lowest BCUT2D eigenvalue weighted by molar-refractivity contribution is -0.115. The van der Waals surface area contributed by atoms with Gasteiger partial charge in [0.2, 0.25) is 5.91 Å². The average Bonchev–Trinajstić information content (AvgIpc) is 2.54. The third kappa shape index (κ3) is 3.15. The van der Waals surface area contributed by atoms with E-state index in [1.165, 1.54) is 18.9 Å². The number of nitriles is 1. The van der Waals surface area contributed by atoms with Gasteiger partial charge in [-0.1, -0.05) is 0 Å². The van der Waals surface area contributed by atoms with Gasteiger partial charge in [0.1, 0.15) is 17.6 Å². The van der Waals surface area contributed by atoms with E-state index in [4.69, 9.17) is 9.47 Å². The number of ether oxygens (including phenoxy) is 2. The highest BCUT2D eigenvalue weighted by atomic mass is 16.5. The maximum atomic E-state index is 12.3. The number of aromatic nitrogens is 1. The molecule has 0 saturated heterocycles. The standard InChI is InChI=1S/C18H19N3O3/c1-11-8-12(2)20-18(15(11)10-19)21(13(3)22)16-7-6-14(23-4)9-17(16)24-5/h6-9H,1-5H3. The Kier molecular flexibility index (Phi) is 5.05. The van der Waals surface area contributed by atoms with E-state index in [9.17, 15) is 10.1 Å². The zero-order valence-electron chi connectivity index (χ0n) is 14.4. The van der Waals surface area contributed by atoms with Gasteiger partial charge in [-0.25, -0.2) is 4.98 Å². The topological polar surface area (TPSA) is 75.5 Å². The van der Waals surface area contributed by atoms with Crippen LogP contribution in [-0.4, -0.2) is 25.1 Å². The van der Waals surface area contributed by atoms with Crippen molar-refractivity contribution in [2.24, 2.45) is 0 Å². The second-order valence-corrected chi connectivity index (χ2v) is 5.28. The van der Waals surface area contributed by atoms with Crippen LogP contribution in [-0.2, 0) is 4.79 Å². The van der Waals surface area contributed by atoms with Crippen molar-refractivity contribution in [2.75, 3.05) is 19.1 Å². The van der Waals surface area contributed by atoms with E-state index in [2.05, 4.69) is 11.1 Å². The van der Waals surface area contributed by atoms with Crippen molar-refractivity contribution in [3.05, 3.63) is 41.1 Å². The van der Waals surface area contributed by atoms with Crippen LogP contribution >= 0.6 is 0 Å². The molecule has 2 aromatic rings. The minimum atomic E-state index is -0.271. The van der Waals surface area contributed by atoms with E-state index in [-0.39, 0.29) is 5.91 Å². The lowest BCUT2D eigenvalue weighted by Gasteiger charge is -2.24. The number of rotatable bonds is 4. The van der Waals surface area contributed by atoms with E-state index in [1.807, 2.05) is 19.9 Å². The zero-order chi connectivity index (χ0) is 17.9. The molecule has 1 heterocycles. The van der Waals surface area contributed by atoms with Crippen LogP contribution in [0.25, 0.3) is 0 Å². The first-order chi connectivity index (χ1) is 11.4. The molecular formula is C18H19N3O3. The summed E-state index contributed by atoms with van der Waals surface area (Å²) in [5.74, 6) is 1.08. The van der Waals surface area contributed by atoms with Gasteiger partial charge in [0, 0.05) is 18.7 Å². The second-order valence-electron chi connectivity index (χ2n) is 5.28. The number of nitrogens with zero attached hydrogens (tertiary/aromatic N) is 3. The van der Waals surface area contributed by atoms with Gasteiger partial charge in [0.25, 0.3) is 0 Å². The average molecular weight is 325 g/mol. The molecule has 0 unspecified atom stereocenters. The lowest BCUT2D eigenvalue weighted by atomic mass is 10.1. The molecule has 0 aliphatic heterocycles. The predicted molar refractivity (Wildman–Crippen MR) is 90.8 cm³/mol. The highest BCUT2D eigenvalue weighted by Crippen LogP contribution is 2.37. The molecule has 0 aliphatic carbocycles. The molecule has 0 N–H and O–H groups in total. The van der Waals surface area contributed by atoms with Crippen LogP contribution in [0, 0.1) is 25.2 Å². The number of methoxy groups -OCH3 is 2. The molecule has 2 rings (SSSR count). The summed E-state index contributed by atoms with van der Waals surface area (Å²) in [6.07, 6.45) is 0. The molecule has 124 valence electrons. The van der Waals surface area contributed by atoms with Gasteiger partial charge >= 0.3 is 0 Å². The Bertz CT molecular complexity index is 825. The minimum absolute atomic E-state index is 0.271. The summed E-state index contributed by atoms with van der Waals surface area (Å²) in [4.78, 5) is 18.2. The van der Waals surface area contributed by atoms with Gasteiger partial charge in [-0.3, -0.25) is 9.69 Å². The fraction of sp³-hybridized carbons (Fsp3) is 0.278. The van der Waals surface area contributed by atoms with Crippen molar-refractivity contribution < 1.29 is 14.3 Å². The first-order valence-corrected chi connectivity index (χ1v) is 7.34. The lowest BCUT2D eigenvalue weighted by Crippen LogP contribution is -2.26. The van der Waals surface area contributed by atoms with Crippen LogP contribution in [0.2, 0.25) is 0 Å². The molecule has 6 nitrogen and oxygen atoms in total. The number of pyridine rings is 1. The first kappa shape index (κ1) is 17.3. The van der Waals surface area contributed by atoms with Crippen molar-refractivity contribution >= 4 is 17.4 Å². The summed E-state index contributed by atoms with van der Waals surface area (Å²) in [6.45, 7) is 5.06. The number of aryl methyl sites for hydroxylation is 2. The van der Waals surface area contributed by atoms with Crippen molar-refractivity contribution in [1.82, 2.24) is 4.98 Å². The monoisotopic (exact) mass is 325 g/mol. The molecule has 1 aromatic carbocycles. The Hall–Kier alpha value is -3.07. The van der Waals surface area contributed by atoms with E-state index in [1.54, 1.807) is 25.3 Å².